The van der Waals surface area contributed by atoms with Crippen LogP contribution in [0.2, 0.25) is 0 Å². The smallest absolute Gasteiger partial charge is 0.426 e. The van der Waals surface area contributed by atoms with Gasteiger partial charge in [0.2, 0.25) is 12.3 Å². The zero-order chi connectivity index (χ0) is 20.2. The van der Waals surface area contributed by atoms with Gasteiger partial charge in [-0.3, -0.25) is 4.79 Å². The van der Waals surface area contributed by atoms with E-state index in [4.69, 9.17) is 9.47 Å². The predicted molar refractivity (Wildman–Crippen MR) is 113 cm³/mol. The second-order valence-corrected chi connectivity index (χ2v) is 8.06. The largest absolute Gasteiger partial charge is 0.497 e. The van der Waals surface area contributed by atoms with Crippen molar-refractivity contribution in [2.75, 3.05) is 40.0 Å². The SMILES string of the molecule is COc1ccc(/C=C2\SC3C=CC=CC3=[N+](CC(=O)N3CCOCC3)C2=O)cc1. The van der Waals surface area contributed by atoms with E-state index in [0.29, 0.717) is 31.2 Å². The summed E-state index contributed by atoms with van der Waals surface area (Å²) in [6.07, 6.45) is 9.74. The fourth-order valence-electron chi connectivity index (χ4n) is 3.45. The molecular weight excluding hydrogens is 388 g/mol. The predicted octanol–water partition coefficient (Wildman–Crippen LogP) is 2.12. The monoisotopic (exact) mass is 411 g/mol. The lowest BCUT2D eigenvalue weighted by molar-refractivity contribution is -0.435. The van der Waals surface area contributed by atoms with Crippen molar-refractivity contribution in [3.63, 3.8) is 0 Å². The van der Waals surface area contributed by atoms with Gasteiger partial charge in [0.1, 0.15) is 15.9 Å². The van der Waals surface area contributed by atoms with E-state index in [1.807, 2.05) is 48.6 Å². The van der Waals surface area contributed by atoms with E-state index < -0.39 is 0 Å². The van der Waals surface area contributed by atoms with E-state index in [2.05, 4.69) is 6.08 Å². The van der Waals surface area contributed by atoms with Crippen molar-refractivity contribution in [3.8, 4) is 5.75 Å². The van der Waals surface area contributed by atoms with E-state index in [9.17, 15) is 9.59 Å². The molecule has 4 rings (SSSR count). The number of hydrogen-bond donors (Lipinski definition) is 0. The van der Waals surface area contributed by atoms with Crippen LogP contribution in [0, 0.1) is 0 Å². The zero-order valence-electron chi connectivity index (χ0n) is 16.2. The molecule has 1 unspecified atom stereocenters. The molecule has 7 heteroatoms. The molecule has 1 saturated heterocycles. The number of morpholine rings is 1. The van der Waals surface area contributed by atoms with Crippen LogP contribution in [-0.4, -0.2) is 72.2 Å². The average molecular weight is 412 g/mol. The van der Waals surface area contributed by atoms with Gasteiger partial charge in [-0.15, -0.1) is 4.58 Å². The molecule has 2 heterocycles. The molecule has 2 amide bonds. The van der Waals surface area contributed by atoms with Crippen molar-refractivity contribution >= 4 is 35.4 Å². The molecule has 0 aromatic heterocycles. The maximum atomic E-state index is 13.3. The number of nitrogens with zero attached hydrogens (tertiary/aromatic N) is 2. The van der Waals surface area contributed by atoms with E-state index in [1.54, 1.807) is 16.6 Å². The first-order chi connectivity index (χ1) is 14.2. The van der Waals surface area contributed by atoms with Crippen molar-refractivity contribution < 1.29 is 23.6 Å². The molecule has 0 saturated carbocycles. The van der Waals surface area contributed by atoms with Gasteiger partial charge in [0.05, 0.1) is 20.3 Å². The van der Waals surface area contributed by atoms with Gasteiger partial charge < -0.3 is 14.4 Å². The summed E-state index contributed by atoms with van der Waals surface area (Å²) in [7, 11) is 1.62. The molecule has 0 N–H and O–H groups in total. The van der Waals surface area contributed by atoms with E-state index in [-0.39, 0.29) is 23.6 Å². The molecule has 2 aliphatic heterocycles. The maximum Gasteiger partial charge on any atom is 0.426 e. The number of rotatable bonds is 4. The molecule has 1 atom stereocenters. The van der Waals surface area contributed by atoms with Crippen LogP contribution in [0.3, 0.4) is 0 Å². The van der Waals surface area contributed by atoms with Crippen LogP contribution in [0.4, 0.5) is 0 Å². The molecule has 29 heavy (non-hydrogen) atoms. The third-order valence-corrected chi connectivity index (χ3v) is 6.25. The highest BCUT2D eigenvalue weighted by molar-refractivity contribution is 8.05. The van der Waals surface area contributed by atoms with Crippen molar-refractivity contribution in [2.45, 2.75) is 5.25 Å². The molecule has 0 bridgehead atoms. The summed E-state index contributed by atoms with van der Waals surface area (Å²) in [5.41, 5.74) is 1.77. The Kier molecular flexibility index (Phi) is 5.97. The summed E-state index contributed by atoms with van der Waals surface area (Å²) in [6, 6.07) is 7.56. The van der Waals surface area contributed by atoms with Gasteiger partial charge >= 0.3 is 5.91 Å². The minimum Gasteiger partial charge on any atom is -0.497 e. The molecule has 6 nitrogen and oxygen atoms in total. The molecule has 0 radical (unpaired) electrons. The zero-order valence-corrected chi connectivity index (χ0v) is 17.1. The van der Waals surface area contributed by atoms with Crippen LogP contribution < -0.4 is 4.74 Å². The Hall–Kier alpha value is -2.64. The Labute approximate surface area is 174 Å². The number of ether oxygens (including phenoxy) is 2. The van der Waals surface area contributed by atoms with E-state index >= 15 is 0 Å². The molecule has 3 aliphatic rings. The van der Waals surface area contributed by atoms with Gasteiger partial charge in [0, 0.05) is 19.2 Å². The first kappa shape index (κ1) is 19.7. The minimum absolute atomic E-state index is 0.0136. The van der Waals surface area contributed by atoms with Crippen LogP contribution in [0.15, 0.2) is 53.5 Å². The van der Waals surface area contributed by atoms with Gasteiger partial charge in [-0.2, -0.15) is 0 Å². The summed E-state index contributed by atoms with van der Waals surface area (Å²) in [4.78, 5) is 28.5. The second kappa shape index (κ2) is 8.80. The molecule has 1 fully saturated rings. The number of allylic oxidation sites excluding steroid dienone is 3. The van der Waals surface area contributed by atoms with Crippen LogP contribution in [-0.2, 0) is 14.3 Å². The van der Waals surface area contributed by atoms with E-state index in [1.165, 1.54) is 11.8 Å². The lowest BCUT2D eigenvalue weighted by Crippen LogP contribution is -2.47. The van der Waals surface area contributed by atoms with Crippen molar-refractivity contribution in [1.29, 1.82) is 0 Å². The average Bonchev–Trinajstić information content (AvgIpc) is 2.77. The fraction of sp³-hybridized carbons (Fsp3) is 0.318. The van der Waals surface area contributed by atoms with Gasteiger partial charge in [0.15, 0.2) is 0 Å². The number of methoxy groups -OCH3 is 1. The third-order valence-electron chi connectivity index (χ3n) is 5.05. The lowest BCUT2D eigenvalue weighted by Gasteiger charge is -2.27. The van der Waals surface area contributed by atoms with Crippen molar-refractivity contribution in [1.82, 2.24) is 4.90 Å². The number of hydrogen-bond acceptors (Lipinski definition) is 5. The number of fused-ring (bicyclic) bond motifs is 1. The summed E-state index contributed by atoms with van der Waals surface area (Å²) in [5.74, 6) is 0.577. The normalized spacial score (nSPS) is 22.8. The molecule has 150 valence electrons. The van der Waals surface area contributed by atoms with Gasteiger partial charge in [-0.25, -0.2) is 4.79 Å². The highest BCUT2D eigenvalue weighted by Gasteiger charge is 2.40. The van der Waals surface area contributed by atoms with Crippen molar-refractivity contribution in [3.05, 3.63) is 59.0 Å². The third kappa shape index (κ3) is 4.36. The van der Waals surface area contributed by atoms with E-state index in [0.717, 1.165) is 17.0 Å². The summed E-state index contributed by atoms with van der Waals surface area (Å²) >= 11 is 1.51. The van der Waals surface area contributed by atoms with Crippen molar-refractivity contribution in [2.24, 2.45) is 0 Å². The molecule has 1 aromatic rings. The van der Waals surface area contributed by atoms with Gasteiger partial charge in [0.25, 0.3) is 5.91 Å². The first-order valence-electron chi connectivity index (χ1n) is 9.57. The highest BCUT2D eigenvalue weighted by Crippen LogP contribution is 2.33. The Morgan fingerprint density at radius 1 is 1.28 bits per heavy atom. The molecule has 1 aromatic carbocycles. The van der Waals surface area contributed by atoms with Gasteiger partial charge in [-0.1, -0.05) is 42.1 Å². The number of carbonyl (C=O) groups excluding carboxylic acids is 2. The number of carbonyl (C=O) groups is 2. The van der Waals surface area contributed by atoms with Crippen LogP contribution in [0.25, 0.3) is 6.08 Å². The summed E-state index contributed by atoms with van der Waals surface area (Å²) in [6.45, 7) is 2.26. The fourth-order valence-corrected chi connectivity index (χ4v) is 4.64. The maximum absolute atomic E-state index is 13.3. The van der Waals surface area contributed by atoms with Crippen LogP contribution >= 0.6 is 11.8 Å². The molecule has 1 aliphatic carbocycles. The number of amides is 2. The Balaban J connectivity index is 1.62. The molecule has 0 spiro atoms. The molecular formula is C22H23N2O4S+. The topological polar surface area (TPSA) is 58.9 Å². The highest BCUT2D eigenvalue weighted by atomic mass is 32.2. The second-order valence-electron chi connectivity index (χ2n) is 6.87. The minimum atomic E-state index is -0.140. The quantitative estimate of drug-likeness (QED) is 0.561. The standard InChI is InChI=1S/C22H23N2O4S/c1-27-17-8-6-16(7-9-17)14-20-22(26)24(18-4-2-3-5-19(18)29-20)15-21(25)23-10-12-28-13-11-23/h2-9,14,19H,10-13,15H2,1H3/q+1/b20-14-. The van der Waals surface area contributed by atoms with Gasteiger partial charge in [-0.05, 0) is 23.8 Å². The summed E-state index contributed by atoms with van der Waals surface area (Å²) < 4.78 is 12.1. The van der Waals surface area contributed by atoms with Crippen LogP contribution in [0.5, 0.6) is 5.75 Å². The Morgan fingerprint density at radius 3 is 2.76 bits per heavy atom. The first-order valence-corrected chi connectivity index (χ1v) is 10.4. The number of benzene rings is 1. The Morgan fingerprint density at radius 2 is 2.03 bits per heavy atom. The summed E-state index contributed by atoms with van der Waals surface area (Å²) in [5, 5.41) is 0.0136. The lowest BCUT2D eigenvalue weighted by atomic mass is 10.1. The number of thioether (sulfide) groups is 1. The Bertz CT molecular complexity index is 925. The van der Waals surface area contributed by atoms with Crippen LogP contribution in [0.1, 0.15) is 5.56 Å².